The van der Waals surface area contributed by atoms with Gasteiger partial charge in [0, 0.05) is 19.4 Å². The number of carbonyl (C=O) groups is 1. The third kappa shape index (κ3) is 2.25. The highest BCUT2D eigenvalue weighted by Crippen LogP contribution is 1.97. The Bertz CT molecular complexity index is 478. The normalized spacial score (nSPS) is 10.1. The number of pyridine rings is 1. The second-order valence-electron chi connectivity index (χ2n) is 3.39. The lowest BCUT2D eigenvalue weighted by Gasteiger charge is -2.04. The van der Waals surface area contributed by atoms with Crippen molar-refractivity contribution in [1.29, 1.82) is 0 Å². The maximum Gasteiger partial charge on any atom is 0.270 e. The van der Waals surface area contributed by atoms with Crippen LogP contribution < -0.4 is 5.32 Å². The van der Waals surface area contributed by atoms with Crippen molar-refractivity contribution < 1.29 is 4.79 Å². The third-order valence-electron chi connectivity index (χ3n) is 2.24. The predicted molar refractivity (Wildman–Crippen MR) is 58.6 cm³/mol. The number of imidazole rings is 1. The molecule has 0 atom stereocenters. The SMILES string of the molecule is Cn1cncc1CNC(=O)c1ccccn1. The second-order valence-corrected chi connectivity index (χ2v) is 3.39. The maximum absolute atomic E-state index is 11.6. The van der Waals surface area contributed by atoms with Gasteiger partial charge in [0.25, 0.3) is 5.91 Å². The molecule has 0 unspecified atom stereocenters. The van der Waals surface area contributed by atoms with Crippen LogP contribution in [-0.2, 0) is 13.6 Å². The summed E-state index contributed by atoms with van der Waals surface area (Å²) in [5, 5.41) is 2.78. The van der Waals surface area contributed by atoms with Gasteiger partial charge in [-0.25, -0.2) is 4.98 Å². The average molecular weight is 216 g/mol. The van der Waals surface area contributed by atoms with E-state index in [2.05, 4.69) is 15.3 Å². The molecule has 0 bridgehead atoms. The molecule has 0 aliphatic rings. The Kier molecular flexibility index (Phi) is 2.95. The monoisotopic (exact) mass is 216 g/mol. The van der Waals surface area contributed by atoms with Gasteiger partial charge in [0.05, 0.1) is 18.6 Å². The standard InChI is InChI=1S/C11H12N4O/c1-15-8-12-6-9(15)7-14-11(16)10-4-2-3-5-13-10/h2-6,8H,7H2,1H3,(H,14,16). The fourth-order valence-electron chi connectivity index (χ4n) is 1.31. The molecular formula is C11H12N4O. The molecular weight excluding hydrogens is 204 g/mol. The number of aromatic nitrogens is 3. The summed E-state index contributed by atoms with van der Waals surface area (Å²) in [5.41, 5.74) is 1.37. The van der Waals surface area contributed by atoms with Gasteiger partial charge in [-0.1, -0.05) is 6.07 Å². The predicted octanol–water partition coefficient (Wildman–Crippen LogP) is 0.745. The Morgan fingerprint density at radius 2 is 2.38 bits per heavy atom. The van der Waals surface area contributed by atoms with E-state index >= 15 is 0 Å². The van der Waals surface area contributed by atoms with Crippen molar-refractivity contribution in [3.63, 3.8) is 0 Å². The minimum absolute atomic E-state index is 0.179. The zero-order chi connectivity index (χ0) is 11.4. The van der Waals surface area contributed by atoms with Crippen LogP contribution in [0.5, 0.6) is 0 Å². The number of nitrogens with zero attached hydrogens (tertiary/aromatic N) is 3. The van der Waals surface area contributed by atoms with Crippen molar-refractivity contribution in [3.05, 3.63) is 48.3 Å². The Morgan fingerprint density at radius 1 is 1.50 bits per heavy atom. The van der Waals surface area contributed by atoms with E-state index in [1.165, 1.54) is 0 Å². The zero-order valence-corrected chi connectivity index (χ0v) is 8.92. The smallest absolute Gasteiger partial charge is 0.270 e. The van der Waals surface area contributed by atoms with E-state index in [-0.39, 0.29) is 5.91 Å². The first-order valence-electron chi connectivity index (χ1n) is 4.92. The molecule has 0 aliphatic heterocycles. The Labute approximate surface area is 93.2 Å². The molecule has 0 fully saturated rings. The van der Waals surface area contributed by atoms with Crippen LogP contribution >= 0.6 is 0 Å². The van der Waals surface area contributed by atoms with Gasteiger partial charge in [0.15, 0.2) is 0 Å². The summed E-state index contributed by atoms with van der Waals surface area (Å²) in [5.74, 6) is -0.179. The molecule has 0 spiro atoms. The van der Waals surface area contributed by atoms with Crippen LogP contribution in [0, 0.1) is 0 Å². The quantitative estimate of drug-likeness (QED) is 0.823. The molecule has 2 heterocycles. The molecule has 82 valence electrons. The number of carbonyl (C=O) groups excluding carboxylic acids is 1. The van der Waals surface area contributed by atoms with E-state index in [1.807, 2.05) is 11.6 Å². The molecule has 5 heteroatoms. The molecule has 1 N–H and O–H groups in total. The first-order valence-corrected chi connectivity index (χ1v) is 4.92. The molecule has 0 radical (unpaired) electrons. The molecule has 0 aliphatic carbocycles. The molecule has 2 aromatic rings. The van der Waals surface area contributed by atoms with Crippen molar-refractivity contribution >= 4 is 5.91 Å². The molecule has 2 rings (SSSR count). The van der Waals surface area contributed by atoms with E-state index in [0.717, 1.165) is 5.69 Å². The fraction of sp³-hybridized carbons (Fsp3) is 0.182. The van der Waals surface area contributed by atoms with Crippen LogP contribution in [0.3, 0.4) is 0 Å². The average Bonchev–Trinajstić information content (AvgIpc) is 2.73. The summed E-state index contributed by atoms with van der Waals surface area (Å²) in [4.78, 5) is 19.6. The first kappa shape index (κ1) is 10.4. The van der Waals surface area contributed by atoms with E-state index in [0.29, 0.717) is 12.2 Å². The van der Waals surface area contributed by atoms with E-state index < -0.39 is 0 Å². The van der Waals surface area contributed by atoms with E-state index in [4.69, 9.17) is 0 Å². The molecule has 1 amide bonds. The number of nitrogens with one attached hydrogen (secondary N) is 1. The summed E-state index contributed by atoms with van der Waals surface area (Å²) in [6, 6.07) is 5.24. The lowest BCUT2D eigenvalue weighted by Crippen LogP contribution is -2.24. The first-order chi connectivity index (χ1) is 7.77. The van der Waals surface area contributed by atoms with Gasteiger partial charge in [-0.15, -0.1) is 0 Å². The van der Waals surface area contributed by atoms with Crippen LogP contribution in [0.4, 0.5) is 0 Å². The maximum atomic E-state index is 11.6. The zero-order valence-electron chi connectivity index (χ0n) is 8.92. The van der Waals surface area contributed by atoms with Crippen LogP contribution in [-0.4, -0.2) is 20.4 Å². The second kappa shape index (κ2) is 4.57. The Balaban J connectivity index is 1.97. The van der Waals surface area contributed by atoms with Crippen molar-refractivity contribution in [3.8, 4) is 0 Å². The Morgan fingerprint density at radius 3 is 3.00 bits per heavy atom. The Hall–Kier alpha value is -2.17. The van der Waals surface area contributed by atoms with Gasteiger partial charge in [-0.05, 0) is 12.1 Å². The largest absolute Gasteiger partial charge is 0.345 e. The lowest BCUT2D eigenvalue weighted by molar-refractivity contribution is 0.0945. The fourth-order valence-corrected chi connectivity index (χ4v) is 1.31. The molecule has 2 aromatic heterocycles. The summed E-state index contributed by atoms with van der Waals surface area (Å²) in [6.07, 6.45) is 5.01. The van der Waals surface area contributed by atoms with Crippen molar-refractivity contribution in [1.82, 2.24) is 19.9 Å². The molecule has 16 heavy (non-hydrogen) atoms. The van der Waals surface area contributed by atoms with Gasteiger partial charge < -0.3 is 9.88 Å². The van der Waals surface area contributed by atoms with Crippen LogP contribution in [0.25, 0.3) is 0 Å². The summed E-state index contributed by atoms with van der Waals surface area (Å²) < 4.78 is 1.86. The molecule has 0 saturated heterocycles. The van der Waals surface area contributed by atoms with Gasteiger partial charge in [0.1, 0.15) is 5.69 Å². The van der Waals surface area contributed by atoms with Gasteiger partial charge in [0.2, 0.25) is 0 Å². The molecule has 0 saturated carbocycles. The number of rotatable bonds is 3. The van der Waals surface area contributed by atoms with E-state index in [1.54, 1.807) is 36.9 Å². The van der Waals surface area contributed by atoms with Gasteiger partial charge >= 0.3 is 0 Å². The highest BCUT2D eigenvalue weighted by molar-refractivity contribution is 5.92. The topological polar surface area (TPSA) is 59.8 Å². The summed E-state index contributed by atoms with van der Waals surface area (Å²) in [6.45, 7) is 0.450. The van der Waals surface area contributed by atoms with Crippen molar-refractivity contribution in [2.24, 2.45) is 7.05 Å². The number of aryl methyl sites for hydroxylation is 1. The van der Waals surface area contributed by atoms with Crippen LogP contribution in [0.2, 0.25) is 0 Å². The third-order valence-corrected chi connectivity index (χ3v) is 2.24. The summed E-state index contributed by atoms with van der Waals surface area (Å²) >= 11 is 0. The van der Waals surface area contributed by atoms with Crippen LogP contribution in [0.1, 0.15) is 16.2 Å². The number of hydrogen-bond acceptors (Lipinski definition) is 3. The number of amides is 1. The molecule has 0 aromatic carbocycles. The van der Waals surface area contributed by atoms with Crippen molar-refractivity contribution in [2.75, 3.05) is 0 Å². The lowest BCUT2D eigenvalue weighted by atomic mass is 10.3. The van der Waals surface area contributed by atoms with E-state index in [9.17, 15) is 4.79 Å². The van der Waals surface area contributed by atoms with Crippen molar-refractivity contribution in [2.45, 2.75) is 6.54 Å². The summed E-state index contributed by atoms with van der Waals surface area (Å²) in [7, 11) is 1.88. The number of hydrogen-bond donors (Lipinski definition) is 1. The minimum atomic E-state index is -0.179. The highest BCUT2D eigenvalue weighted by atomic mass is 16.1. The van der Waals surface area contributed by atoms with Gasteiger partial charge in [-0.3, -0.25) is 9.78 Å². The van der Waals surface area contributed by atoms with Gasteiger partial charge in [-0.2, -0.15) is 0 Å². The molecule has 5 nitrogen and oxygen atoms in total. The minimum Gasteiger partial charge on any atom is -0.345 e. The van der Waals surface area contributed by atoms with Crippen LogP contribution in [0.15, 0.2) is 36.9 Å². The highest BCUT2D eigenvalue weighted by Gasteiger charge is 2.06.